The number of hydrogen-bond acceptors (Lipinski definition) is 3. The van der Waals surface area contributed by atoms with E-state index in [1.54, 1.807) is 27.7 Å². The molecule has 0 radical (unpaired) electrons. The van der Waals surface area contributed by atoms with Gasteiger partial charge in [0.1, 0.15) is 0 Å². The summed E-state index contributed by atoms with van der Waals surface area (Å²) in [5.74, 6) is -6.17. The summed E-state index contributed by atoms with van der Waals surface area (Å²) < 4.78 is 39.8. The summed E-state index contributed by atoms with van der Waals surface area (Å²) in [6, 6.07) is 1.58. The monoisotopic (exact) mass is 387 g/mol. The number of carbonyl (C=O) groups is 3. The molecule has 0 unspecified atom stereocenters. The molecule has 0 aliphatic rings. The molecule has 0 saturated carbocycles. The predicted octanol–water partition coefficient (Wildman–Crippen LogP) is 2.44. The highest BCUT2D eigenvalue weighted by Gasteiger charge is 2.24. The molecular weight excluding hydrogens is 363 g/mol. The number of halogens is 3. The van der Waals surface area contributed by atoms with Gasteiger partial charge in [0.15, 0.2) is 17.5 Å². The van der Waals surface area contributed by atoms with Crippen LogP contribution in [0.25, 0.3) is 0 Å². The maximum atomic E-state index is 13.6. The van der Waals surface area contributed by atoms with Crippen molar-refractivity contribution >= 4 is 23.4 Å². The standard InChI is InChI=1S/C18H24F3N3O3/c1-5-8-24(14(26)9-22-17(27)18(2,3)4)10-13(25)23-12-7-6-11(19)15(20)16(12)21/h6-7H,5,8-10H2,1-4H3,(H,22,27)(H,23,25). The second-order valence-corrected chi connectivity index (χ2v) is 7.02. The van der Waals surface area contributed by atoms with E-state index in [-0.39, 0.29) is 19.0 Å². The Bertz CT molecular complexity index is 718. The number of carbonyl (C=O) groups excluding carboxylic acids is 3. The Morgan fingerprint density at radius 1 is 1.07 bits per heavy atom. The molecule has 0 aliphatic heterocycles. The maximum Gasteiger partial charge on any atom is 0.244 e. The van der Waals surface area contributed by atoms with Gasteiger partial charge in [-0.15, -0.1) is 0 Å². The Labute approximate surface area is 156 Å². The van der Waals surface area contributed by atoms with Gasteiger partial charge in [0.05, 0.1) is 18.8 Å². The fourth-order valence-electron chi connectivity index (χ4n) is 2.08. The van der Waals surface area contributed by atoms with Gasteiger partial charge in [-0.25, -0.2) is 13.2 Å². The number of benzene rings is 1. The number of hydrogen-bond donors (Lipinski definition) is 2. The van der Waals surface area contributed by atoms with Crippen LogP contribution in [0.3, 0.4) is 0 Å². The van der Waals surface area contributed by atoms with Crippen molar-refractivity contribution in [3.8, 4) is 0 Å². The highest BCUT2D eigenvalue weighted by molar-refractivity contribution is 5.95. The first kappa shape index (κ1) is 22.5. The molecule has 0 atom stereocenters. The minimum atomic E-state index is -1.70. The molecule has 1 rings (SSSR count). The fourth-order valence-corrected chi connectivity index (χ4v) is 2.08. The van der Waals surface area contributed by atoms with E-state index in [1.165, 1.54) is 4.90 Å². The largest absolute Gasteiger partial charge is 0.347 e. The van der Waals surface area contributed by atoms with Crippen molar-refractivity contribution in [2.45, 2.75) is 34.1 Å². The lowest BCUT2D eigenvalue weighted by molar-refractivity contribution is -0.136. The van der Waals surface area contributed by atoms with E-state index in [0.717, 1.165) is 6.07 Å². The van der Waals surface area contributed by atoms with Crippen LogP contribution in [0.4, 0.5) is 18.9 Å². The van der Waals surface area contributed by atoms with Crippen LogP contribution >= 0.6 is 0 Å². The van der Waals surface area contributed by atoms with Crippen LogP contribution in [0, 0.1) is 22.9 Å². The Hall–Kier alpha value is -2.58. The molecule has 0 aliphatic carbocycles. The highest BCUT2D eigenvalue weighted by atomic mass is 19.2. The summed E-state index contributed by atoms with van der Waals surface area (Å²) in [5, 5.41) is 4.60. The average Bonchev–Trinajstić information content (AvgIpc) is 2.58. The van der Waals surface area contributed by atoms with Crippen LogP contribution in [0.5, 0.6) is 0 Å². The number of nitrogens with one attached hydrogen (secondary N) is 2. The summed E-state index contributed by atoms with van der Waals surface area (Å²) in [4.78, 5) is 37.4. The molecule has 6 nitrogen and oxygen atoms in total. The summed E-state index contributed by atoms with van der Waals surface area (Å²) in [5.41, 5.74) is -1.19. The smallest absolute Gasteiger partial charge is 0.244 e. The first-order chi connectivity index (χ1) is 12.5. The van der Waals surface area contributed by atoms with Crippen molar-refractivity contribution in [1.82, 2.24) is 10.2 Å². The van der Waals surface area contributed by atoms with E-state index in [9.17, 15) is 27.6 Å². The van der Waals surface area contributed by atoms with E-state index in [0.29, 0.717) is 12.5 Å². The SMILES string of the molecule is CCCN(CC(=O)Nc1ccc(F)c(F)c1F)C(=O)CNC(=O)C(C)(C)C. The third-order valence-corrected chi connectivity index (χ3v) is 3.57. The van der Waals surface area contributed by atoms with Crippen LogP contribution in [-0.2, 0) is 14.4 Å². The van der Waals surface area contributed by atoms with Crippen molar-refractivity contribution in [3.05, 3.63) is 29.6 Å². The Kier molecular flexibility index (Phi) is 7.81. The molecule has 0 spiro atoms. The van der Waals surface area contributed by atoms with Gasteiger partial charge in [-0.1, -0.05) is 27.7 Å². The van der Waals surface area contributed by atoms with Gasteiger partial charge in [0.2, 0.25) is 17.7 Å². The van der Waals surface area contributed by atoms with Gasteiger partial charge in [-0.3, -0.25) is 14.4 Å². The molecule has 9 heteroatoms. The Morgan fingerprint density at radius 2 is 1.70 bits per heavy atom. The molecule has 0 fully saturated rings. The Morgan fingerprint density at radius 3 is 2.26 bits per heavy atom. The van der Waals surface area contributed by atoms with Crippen molar-refractivity contribution in [2.24, 2.45) is 5.41 Å². The summed E-state index contributed by atoms with van der Waals surface area (Å²) in [6.07, 6.45) is 0.547. The first-order valence-electron chi connectivity index (χ1n) is 8.46. The third-order valence-electron chi connectivity index (χ3n) is 3.57. The molecule has 1 aromatic rings. The average molecular weight is 387 g/mol. The maximum absolute atomic E-state index is 13.6. The van der Waals surface area contributed by atoms with Gasteiger partial charge < -0.3 is 15.5 Å². The minimum Gasteiger partial charge on any atom is -0.347 e. The van der Waals surface area contributed by atoms with Crippen molar-refractivity contribution < 1.29 is 27.6 Å². The molecule has 2 N–H and O–H groups in total. The zero-order chi connectivity index (χ0) is 20.8. The zero-order valence-electron chi connectivity index (χ0n) is 15.8. The van der Waals surface area contributed by atoms with Crippen LogP contribution in [0.2, 0.25) is 0 Å². The molecular formula is C18H24F3N3O3. The topological polar surface area (TPSA) is 78.5 Å². The second-order valence-electron chi connectivity index (χ2n) is 7.02. The van der Waals surface area contributed by atoms with Crippen LogP contribution < -0.4 is 10.6 Å². The summed E-state index contributed by atoms with van der Waals surface area (Å²) in [7, 11) is 0. The van der Waals surface area contributed by atoms with Gasteiger partial charge in [0, 0.05) is 12.0 Å². The lowest BCUT2D eigenvalue weighted by Gasteiger charge is -2.23. The predicted molar refractivity (Wildman–Crippen MR) is 94.3 cm³/mol. The molecule has 3 amide bonds. The summed E-state index contributed by atoms with van der Waals surface area (Å²) >= 11 is 0. The summed E-state index contributed by atoms with van der Waals surface area (Å²) in [6.45, 7) is 6.40. The number of nitrogens with zero attached hydrogens (tertiary/aromatic N) is 1. The van der Waals surface area contributed by atoms with Gasteiger partial charge >= 0.3 is 0 Å². The van der Waals surface area contributed by atoms with E-state index >= 15 is 0 Å². The van der Waals surface area contributed by atoms with Gasteiger partial charge in [-0.05, 0) is 18.6 Å². The Balaban J connectivity index is 2.73. The molecule has 0 bridgehead atoms. The van der Waals surface area contributed by atoms with Crippen molar-refractivity contribution in [2.75, 3.05) is 25.0 Å². The zero-order valence-corrected chi connectivity index (χ0v) is 15.8. The van der Waals surface area contributed by atoms with Crippen LogP contribution in [-0.4, -0.2) is 42.3 Å². The van der Waals surface area contributed by atoms with E-state index < -0.39 is 46.9 Å². The van der Waals surface area contributed by atoms with Crippen LogP contribution in [0.15, 0.2) is 12.1 Å². The normalized spacial score (nSPS) is 11.1. The van der Waals surface area contributed by atoms with Gasteiger partial charge in [0.25, 0.3) is 0 Å². The van der Waals surface area contributed by atoms with E-state index in [4.69, 9.17) is 0 Å². The van der Waals surface area contributed by atoms with E-state index in [1.807, 2.05) is 0 Å². The quantitative estimate of drug-likeness (QED) is 0.706. The third kappa shape index (κ3) is 6.58. The van der Waals surface area contributed by atoms with Crippen LogP contribution in [0.1, 0.15) is 34.1 Å². The van der Waals surface area contributed by atoms with E-state index in [2.05, 4.69) is 10.6 Å². The molecule has 27 heavy (non-hydrogen) atoms. The second kappa shape index (κ2) is 9.38. The lowest BCUT2D eigenvalue weighted by Crippen LogP contribution is -2.46. The lowest BCUT2D eigenvalue weighted by atomic mass is 9.96. The fraction of sp³-hybridized carbons (Fsp3) is 0.500. The van der Waals surface area contributed by atoms with Crippen molar-refractivity contribution in [3.63, 3.8) is 0 Å². The molecule has 1 aromatic carbocycles. The number of amides is 3. The minimum absolute atomic E-state index is 0.234. The number of rotatable bonds is 7. The molecule has 0 heterocycles. The number of anilines is 1. The highest BCUT2D eigenvalue weighted by Crippen LogP contribution is 2.19. The van der Waals surface area contributed by atoms with Crippen molar-refractivity contribution in [1.29, 1.82) is 0 Å². The molecule has 0 aromatic heterocycles. The first-order valence-corrected chi connectivity index (χ1v) is 8.46. The van der Waals surface area contributed by atoms with Gasteiger partial charge in [-0.2, -0.15) is 0 Å². The molecule has 150 valence electrons. The molecule has 0 saturated heterocycles.